The summed E-state index contributed by atoms with van der Waals surface area (Å²) in [7, 11) is 3.13. The van der Waals surface area contributed by atoms with Gasteiger partial charge in [0.2, 0.25) is 0 Å². The van der Waals surface area contributed by atoms with Gasteiger partial charge in [0.25, 0.3) is 5.91 Å². The summed E-state index contributed by atoms with van der Waals surface area (Å²) in [6, 6.07) is 3.53. The van der Waals surface area contributed by atoms with Crippen LogP contribution >= 0.6 is 0 Å². The molecule has 0 aromatic heterocycles. The number of carbonyl (C=O) groups excluding carboxylic acids is 1. The molecule has 1 unspecified atom stereocenters. The molecule has 0 radical (unpaired) electrons. The van der Waals surface area contributed by atoms with Crippen LogP contribution in [0.4, 0.5) is 0 Å². The van der Waals surface area contributed by atoms with E-state index in [0.29, 0.717) is 23.5 Å². The summed E-state index contributed by atoms with van der Waals surface area (Å²) in [5.41, 5.74) is 5.11. The lowest BCUT2D eigenvalue weighted by atomic mass is 9.89. The van der Waals surface area contributed by atoms with Gasteiger partial charge in [-0.2, -0.15) is 0 Å². The summed E-state index contributed by atoms with van der Waals surface area (Å²) in [6.07, 6.45) is 4.78. The van der Waals surface area contributed by atoms with Gasteiger partial charge < -0.3 is 14.2 Å². The van der Waals surface area contributed by atoms with Gasteiger partial charge in [-0.25, -0.2) is 4.99 Å². The van der Waals surface area contributed by atoms with Crippen LogP contribution in [0.15, 0.2) is 46.2 Å². The van der Waals surface area contributed by atoms with E-state index in [9.17, 15) is 4.79 Å². The average Bonchev–Trinajstić information content (AvgIpc) is 2.94. The molecular weight excluding hydrogens is 318 g/mol. The number of allylic oxidation sites excluding steroid dienone is 3. The molecular formula is C20H19NO4. The zero-order chi connectivity index (χ0) is 17.7. The Morgan fingerprint density at radius 3 is 2.52 bits per heavy atom. The highest BCUT2D eigenvalue weighted by molar-refractivity contribution is 6.33. The minimum Gasteiger partial charge on any atom is -0.493 e. The lowest BCUT2D eigenvalue weighted by molar-refractivity contribution is 0.100. The van der Waals surface area contributed by atoms with Crippen LogP contribution in [0.1, 0.15) is 36.2 Å². The van der Waals surface area contributed by atoms with E-state index in [1.54, 1.807) is 20.3 Å². The number of fused-ring (bicyclic) bond motifs is 4. The second kappa shape index (κ2) is 5.62. The molecule has 1 aliphatic carbocycles. The molecule has 1 aromatic rings. The molecule has 2 aliphatic heterocycles. The van der Waals surface area contributed by atoms with E-state index in [1.807, 2.05) is 13.0 Å². The van der Waals surface area contributed by atoms with E-state index in [-0.39, 0.29) is 12.0 Å². The quantitative estimate of drug-likeness (QED) is 0.825. The highest BCUT2D eigenvalue weighted by Crippen LogP contribution is 2.44. The maximum Gasteiger partial charge on any atom is 0.278 e. The number of rotatable bonds is 2. The zero-order valence-electron chi connectivity index (χ0n) is 14.7. The predicted octanol–water partition coefficient (Wildman–Crippen LogP) is 3.70. The second-order valence-electron chi connectivity index (χ2n) is 6.32. The lowest BCUT2D eigenvalue weighted by Gasteiger charge is -2.22. The fraction of sp³-hybridized carbons (Fsp3) is 0.300. The Morgan fingerprint density at radius 1 is 1.16 bits per heavy atom. The molecule has 4 rings (SSSR count). The molecule has 0 spiro atoms. The van der Waals surface area contributed by atoms with Crippen molar-refractivity contribution >= 4 is 17.2 Å². The largest absolute Gasteiger partial charge is 0.493 e. The minimum atomic E-state index is -0.264. The number of carbonyl (C=O) groups is 1. The van der Waals surface area contributed by atoms with Gasteiger partial charge in [-0.05, 0) is 37.6 Å². The van der Waals surface area contributed by atoms with Crippen LogP contribution in [0.25, 0.3) is 5.57 Å². The molecule has 1 amide bonds. The van der Waals surface area contributed by atoms with E-state index in [1.165, 1.54) is 0 Å². The molecule has 3 aliphatic rings. The summed E-state index contributed by atoms with van der Waals surface area (Å²) in [5.74, 6) is 1.62. The number of ether oxygens (including phenoxy) is 3. The Hall–Kier alpha value is -2.82. The highest BCUT2D eigenvalue weighted by atomic mass is 16.5. The van der Waals surface area contributed by atoms with Gasteiger partial charge in [-0.15, -0.1) is 0 Å². The zero-order valence-corrected chi connectivity index (χ0v) is 14.7. The van der Waals surface area contributed by atoms with Crippen molar-refractivity contribution in [3.63, 3.8) is 0 Å². The summed E-state index contributed by atoms with van der Waals surface area (Å²) < 4.78 is 16.9. The molecule has 1 atom stereocenters. The maximum atomic E-state index is 12.6. The Kier molecular flexibility index (Phi) is 3.53. The van der Waals surface area contributed by atoms with Crippen molar-refractivity contribution < 1.29 is 19.0 Å². The average molecular weight is 337 g/mol. The lowest BCUT2D eigenvalue weighted by Crippen LogP contribution is -2.17. The summed E-state index contributed by atoms with van der Waals surface area (Å²) >= 11 is 0. The van der Waals surface area contributed by atoms with Crippen LogP contribution < -0.4 is 9.47 Å². The Balaban J connectivity index is 2.02. The predicted molar refractivity (Wildman–Crippen MR) is 95.2 cm³/mol. The van der Waals surface area contributed by atoms with Crippen LogP contribution in [0.5, 0.6) is 11.5 Å². The van der Waals surface area contributed by atoms with E-state index in [2.05, 4.69) is 24.1 Å². The third-order valence-corrected chi connectivity index (χ3v) is 4.75. The van der Waals surface area contributed by atoms with Crippen molar-refractivity contribution in [2.45, 2.75) is 26.4 Å². The molecule has 0 saturated carbocycles. The van der Waals surface area contributed by atoms with E-state index < -0.39 is 0 Å². The van der Waals surface area contributed by atoms with Crippen molar-refractivity contribution in [1.29, 1.82) is 0 Å². The molecule has 0 fully saturated rings. The third-order valence-electron chi connectivity index (χ3n) is 4.75. The van der Waals surface area contributed by atoms with Gasteiger partial charge in [0.1, 0.15) is 11.9 Å². The normalized spacial score (nSPS) is 21.2. The topological polar surface area (TPSA) is 57.1 Å². The van der Waals surface area contributed by atoms with E-state index in [0.717, 1.165) is 33.8 Å². The van der Waals surface area contributed by atoms with Gasteiger partial charge in [0.15, 0.2) is 11.5 Å². The maximum absolute atomic E-state index is 12.6. The van der Waals surface area contributed by atoms with Crippen LogP contribution in [0.3, 0.4) is 0 Å². The van der Waals surface area contributed by atoms with Gasteiger partial charge in [-0.1, -0.05) is 6.08 Å². The first-order valence-electron chi connectivity index (χ1n) is 8.22. The minimum absolute atomic E-state index is 0.0126. The Morgan fingerprint density at radius 2 is 1.84 bits per heavy atom. The standard InChI is InChI=1S/C20H19NO4/c1-10-5-6-15-18(19-12(10)7-11(2)25-19)13-8-16(23-3)17(24-4)9-14(13)20(22)21-15/h5,7-9,11H,6H2,1-4H3. The van der Waals surface area contributed by atoms with Crippen molar-refractivity contribution in [3.8, 4) is 11.5 Å². The first-order chi connectivity index (χ1) is 12.0. The van der Waals surface area contributed by atoms with Crippen molar-refractivity contribution in [2.24, 2.45) is 4.99 Å². The van der Waals surface area contributed by atoms with Crippen LogP contribution in [-0.2, 0) is 4.74 Å². The number of nitrogens with zero attached hydrogens (tertiary/aromatic N) is 1. The summed E-state index contributed by atoms with van der Waals surface area (Å²) in [5, 5.41) is 0. The van der Waals surface area contributed by atoms with E-state index >= 15 is 0 Å². The van der Waals surface area contributed by atoms with Crippen LogP contribution in [-0.4, -0.2) is 31.9 Å². The smallest absolute Gasteiger partial charge is 0.278 e. The Labute approximate surface area is 146 Å². The molecule has 5 heteroatoms. The summed E-state index contributed by atoms with van der Waals surface area (Å²) in [4.78, 5) is 16.9. The molecule has 25 heavy (non-hydrogen) atoms. The number of benzene rings is 1. The number of amides is 1. The molecule has 0 N–H and O–H groups in total. The number of hydrogen-bond donors (Lipinski definition) is 0. The van der Waals surface area contributed by atoms with Crippen molar-refractivity contribution in [3.05, 3.63) is 52.3 Å². The molecule has 0 bridgehead atoms. The van der Waals surface area contributed by atoms with Crippen LogP contribution in [0, 0.1) is 0 Å². The molecule has 5 nitrogen and oxygen atoms in total. The first-order valence-corrected chi connectivity index (χ1v) is 8.22. The number of methoxy groups -OCH3 is 2. The van der Waals surface area contributed by atoms with Gasteiger partial charge in [0, 0.05) is 23.1 Å². The number of aliphatic imine (C=N–C) groups is 1. The van der Waals surface area contributed by atoms with Crippen LogP contribution in [0.2, 0.25) is 0 Å². The Bertz CT molecular complexity index is 918. The molecule has 1 aromatic carbocycles. The molecule has 0 saturated heterocycles. The summed E-state index contributed by atoms with van der Waals surface area (Å²) in [6.45, 7) is 4.06. The van der Waals surface area contributed by atoms with Crippen molar-refractivity contribution in [2.75, 3.05) is 14.2 Å². The molecule has 128 valence electrons. The highest BCUT2D eigenvalue weighted by Gasteiger charge is 2.34. The second-order valence-corrected chi connectivity index (χ2v) is 6.32. The number of hydrogen-bond acceptors (Lipinski definition) is 4. The monoisotopic (exact) mass is 337 g/mol. The molecule has 2 heterocycles. The van der Waals surface area contributed by atoms with Gasteiger partial charge >= 0.3 is 0 Å². The van der Waals surface area contributed by atoms with Crippen molar-refractivity contribution in [1.82, 2.24) is 0 Å². The first kappa shape index (κ1) is 15.7. The van der Waals surface area contributed by atoms with E-state index in [4.69, 9.17) is 14.2 Å². The van der Waals surface area contributed by atoms with Gasteiger partial charge in [0.05, 0.1) is 25.5 Å². The fourth-order valence-corrected chi connectivity index (χ4v) is 3.52. The SMILES string of the molecule is COc1cc2c(cc1OC)C1=C3OC(C)C=C3C(C)=CCC1=NC2=O. The third kappa shape index (κ3) is 2.30. The van der Waals surface area contributed by atoms with Gasteiger partial charge in [-0.3, -0.25) is 4.79 Å². The fourth-order valence-electron chi connectivity index (χ4n) is 3.52.